The average Bonchev–Trinajstić information content (AvgIpc) is 2.34. The summed E-state index contributed by atoms with van der Waals surface area (Å²) in [5.41, 5.74) is 0.0985. The monoisotopic (exact) mass is 338 g/mol. The molecule has 0 aliphatic rings. The fraction of sp³-hybridized carbons (Fsp3) is 0.769. The van der Waals surface area contributed by atoms with Crippen molar-refractivity contribution in [3.63, 3.8) is 0 Å². The van der Waals surface area contributed by atoms with Gasteiger partial charge in [-0.05, 0) is 32.1 Å². The fourth-order valence-electron chi connectivity index (χ4n) is 1.41. The zero-order valence-corrected chi connectivity index (χ0v) is 16.9. The number of hydrogen-bond donors (Lipinski definition) is 4. The van der Waals surface area contributed by atoms with Crippen LogP contribution in [-0.2, 0) is 9.22 Å². The predicted molar refractivity (Wildman–Crippen MR) is 88.9 cm³/mol. The third-order valence-electron chi connectivity index (χ3n) is 2.80. The molecule has 0 fully saturated rings. The highest BCUT2D eigenvalue weighted by atomic mass is 28.4. The summed E-state index contributed by atoms with van der Waals surface area (Å²) in [6.07, 6.45) is -0.476. The molecule has 0 saturated carbocycles. The Bertz CT molecular complexity index is 318. The maximum atomic E-state index is 10.3. The van der Waals surface area contributed by atoms with Crippen LogP contribution in [0.4, 0.5) is 0 Å². The summed E-state index contributed by atoms with van der Waals surface area (Å²) in [5, 5.41) is 36.8. The lowest BCUT2D eigenvalue weighted by atomic mass is 10.0. The number of aliphatic hydroxyl groups excluding tert-OH is 2. The molecule has 0 heterocycles. The number of carbonyl (C=O) groups is 1. The first kappa shape index (κ1) is 22.8. The molecule has 0 aliphatic carbocycles. The first-order chi connectivity index (χ1) is 9.31. The highest BCUT2D eigenvalue weighted by Gasteiger charge is 2.44. The minimum absolute atomic E-state index is 0.0774. The van der Waals surface area contributed by atoms with Crippen LogP contribution >= 0.6 is 0 Å². The van der Waals surface area contributed by atoms with Gasteiger partial charge in [0, 0.05) is 15.8 Å². The molecule has 126 valence electrons. The summed E-state index contributed by atoms with van der Waals surface area (Å²) in [6, 6.07) is 0. The number of hydrogen-bond acceptors (Lipinski definition) is 5. The largest absolute Gasteiger partial charge is 0.478 e. The van der Waals surface area contributed by atoms with Gasteiger partial charge in [-0.15, -0.1) is 0 Å². The van der Waals surface area contributed by atoms with E-state index in [0.717, 1.165) is 16.7 Å². The highest BCUT2D eigenvalue weighted by molar-refractivity contribution is 6.69. The standard InChI is InChI=1S/C9H24O4Si2.C4H6O2/c1-5-8(14)9(12,7(11)6-10)13-15(2,3)4;1-3(2)4(5)6/h7-8,10-12H,5-6H2,1-4,14H3;1H2,2H3,(H,5,6). The zero-order chi connectivity index (χ0) is 17.4. The van der Waals surface area contributed by atoms with Gasteiger partial charge in [0.05, 0.1) is 6.61 Å². The number of rotatable bonds is 7. The van der Waals surface area contributed by atoms with Crippen LogP contribution in [0, 0.1) is 0 Å². The normalized spacial score (nSPS) is 17.1. The topological polar surface area (TPSA) is 107 Å². The number of aliphatic carboxylic acids is 1. The van der Waals surface area contributed by atoms with Crippen LogP contribution in [-0.4, -0.2) is 63.5 Å². The second-order valence-corrected chi connectivity index (χ2v) is 11.9. The van der Waals surface area contributed by atoms with Gasteiger partial charge in [0.1, 0.15) is 6.10 Å². The van der Waals surface area contributed by atoms with E-state index in [9.17, 15) is 15.0 Å². The van der Waals surface area contributed by atoms with Crippen molar-refractivity contribution >= 4 is 24.5 Å². The Kier molecular flexibility index (Phi) is 10.3. The second kappa shape index (κ2) is 9.49. The smallest absolute Gasteiger partial charge is 0.330 e. The van der Waals surface area contributed by atoms with E-state index in [0.29, 0.717) is 0 Å². The van der Waals surface area contributed by atoms with Crippen molar-refractivity contribution in [3.8, 4) is 0 Å². The molecule has 0 aromatic rings. The third kappa shape index (κ3) is 9.17. The zero-order valence-electron chi connectivity index (χ0n) is 13.9. The van der Waals surface area contributed by atoms with E-state index in [1.54, 1.807) is 0 Å². The van der Waals surface area contributed by atoms with E-state index in [-0.39, 0.29) is 11.1 Å². The van der Waals surface area contributed by atoms with E-state index in [1.165, 1.54) is 6.92 Å². The van der Waals surface area contributed by atoms with Crippen molar-refractivity contribution in [2.24, 2.45) is 0 Å². The minimum Gasteiger partial charge on any atom is -0.478 e. The van der Waals surface area contributed by atoms with Crippen molar-refractivity contribution < 1.29 is 29.6 Å². The molecule has 3 unspecified atom stereocenters. The van der Waals surface area contributed by atoms with Gasteiger partial charge in [-0.3, -0.25) is 0 Å². The molecule has 21 heavy (non-hydrogen) atoms. The van der Waals surface area contributed by atoms with E-state index < -0.39 is 32.8 Å². The van der Waals surface area contributed by atoms with Crippen molar-refractivity contribution in [2.45, 2.75) is 57.3 Å². The van der Waals surface area contributed by atoms with Gasteiger partial charge < -0.3 is 24.9 Å². The van der Waals surface area contributed by atoms with Gasteiger partial charge >= 0.3 is 5.97 Å². The predicted octanol–water partition coefficient (Wildman–Crippen LogP) is 0.0907. The maximum Gasteiger partial charge on any atom is 0.330 e. The van der Waals surface area contributed by atoms with Crippen molar-refractivity contribution in [1.82, 2.24) is 0 Å². The summed E-state index contributed by atoms with van der Waals surface area (Å²) in [5.74, 6) is -2.50. The molecule has 0 saturated heterocycles. The Labute approximate surface area is 131 Å². The van der Waals surface area contributed by atoms with Crippen LogP contribution in [0.2, 0.25) is 25.2 Å². The molecule has 0 aromatic carbocycles. The van der Waals surface area contributed by atoms with Gasteiger partial charge in [0.2, 0.25) is 0 Å². The van der Waals surface area contributed by atoms with E-state index >= 15 is 0 Å². The molecule has 3 atom stereocenters. The Balaban J connectivity index is 0. The second-order valence-electron chi connectivity index (χ2n) is 6.06. The van der Waals surface area contributed by atoms with Crippen molar-refractivity contribution in [3.05, 3.63) is 12.2 Å². The molecule has 0 rings (SSSR count). The van der Waals surface area contributed by atoms with Gasteiger partial charge in [-0.2, -0.15) is 0 Å². The Morgan fingerprint density at radius 1 is 1.43 bits per heavy atom. The highest BCUT2D eigenvalue weighted by Crippen LogP contribution is 2.31. The first-order valence-electron chi connectivity index (χ1n) is 6.92. The Morgan fingerprint density at radius 2 is 1.81 bits per heavy atom. The molecule has 8 heteroatoms. The van der Waals surface area contributed by atoms with Crippen LogP contribution in [0.1, 0.15) is 20.3 Å². The SMILES string of the molecule is C=C(C)C(=O)O.CCC([SiH3])C(O)(O[Si](C)(C)C)C(O)CO. The van der Waals surface area contributed by atoms with E-state index in [2.05, 4.69) is 6.58 Å². The van der Waals surface area contributed by atoms with E-state index in [4.69, 9.17) is 14.6 Å². The first-order valence-corrected chi connectivity index (χ1v) is 11.5. The quantitative estimate of drug-likeness (QED) is 0.298. The molecular formula is C13H30O6Si2. The molecule has 0 aliphatic heterocycles. The average molecular weight is 339 g/mol. The summed E-state index contributed by atoms with van der Waals surface area (Å²) in [7, 11) is -1.23. The van der Waals surface area contributed by atoms with Crippen LogP contribution in [0.3, 0.4) is 0 Å². The lowest BCUT2D eigenvalue weighted by Crippen LogP contribution is -2.55. The van der Waals surface area contributed by atoms with E-state index in [1.807, 2.05) is 26.6 Å². The molecule has 0 spiro atoms. The van der Waals surface area contributed by atoms with Crippen LogP contribution in [0.25, 0.3) is 0 Å². The number of carboxylic acids is 1. The van der Waals surface area contributed by atoms with Gasteiger partial charge in [-0.25, -0.2) is 4.79 Å². The fourth-order valence-corrected chi connectivity index (χ4v) is 3.47. The summed E-state index contributed by atoms with van der Waals surface area (Å²) < 4.78 is 5.65. The number of aliphatic hydroxyl groups is 3. The maximum absolute atomic E-state index is 10.3. The number of carboxylic acid groups (broad SMARTS) is 1. The molecule has 4 N–H and O–H groups in total. The van der Waals surface area contributed by atoms with Crippen LogP contribution < -0.4 is 0 Å². The molecular weight excluding hydrogens is 308 g/mol. The van der Waals surface area contributed by atoms with Crippen molar-refractivity contribution in [2.75, 3.05) is 6.61 Å². The van der Waals surface area contributed by atoms with Gasteiger partial charge in [0.25, 0.3) is 0 Å². The van der Waals surface area contributed by atoms with Crippen LogP contribution in [0.5, 0.6) is 0 Å². The molecule has 0 aromatic heterocycles. The van der Waals surface area contributed by atoms with Gasteiger partial charge in [0.15, 0.2) is 14.1 Å². The third-order valence-corrected chi connectivity index (χ3v) is 5.39. The lowest BCUT2D eigenvalue weighted by molar-refractivity contribution is -0.222. The Morgan fingerprint density at radius 3 is 2.00 bits per heavy atom. The lowest BCUT2D eigenvalue weighted by Gasteiger charge is -2.41. The van der Waals surface area contributed by atoms with Gasteiger partial charge in [-0.1, -0.05) is 19.9 Å². The Hall–Kier alpha value is -0.516. The summed E-state index contributed by atoms with van der Waals surface area (Å²) >= 11 is 0. The van der Waals surface area contributed by atoms with Crippen LogP contribution in [0.15, 0.2) is 12.2 Å². The molecule has 0 amide bonds. The molecule has 6 nitrogen and oxygen atoms in total. The van der Waals surface area contributed by atoms with Crippen molar-refractivity contribution in [1.29, 1.82) is 0 Å². The molecule has 0 bridgehead atoms. The minimum atomic E-state index is -1.95. The summed E-state index contributed by atoms with van der Waals surface area (Å²) in [6.45, 7) is 11.9. The molecule has 0 radical (unpaired) electrons. The summed E-state index contributed by atoms with van der Waals surface area (Å²) in [4.78, 5) is 9.60.